The fourth-order valence-electron chi connectivity index (χ4n) is 6.06. The van der Waals surface area contributed by atoms with Gasteiger partial charge in [-0.3, -0.25) is 9.59 Å². The average molecular weight is 384 g/mol. The number of amides is 2. The van der Waals surface area contributed by atoms with E-state index in [0.29, 0.717) is 6.54 Å². The molecule has 0 saturated heterocycles. The highest BCUT2D eigenvalue weighted by Gasteiger charge is 2.54. The van der Waals surface area contributed by atoms with Crippen LogP contribution in [0, 0.1) is 23.2 Å². The fourth-order valence-corrected chi connectivity index (χ4v) is 6.06. The first-order valence-corrected chi connectivity index (χ1v) is 10.7. The van der Waals surface area contributed by atoms with E-state index in [1.54, 1.807) is 6.92 Å². The Bertz CT molecular complexity index is 705. The van der Waals surface area contributed by atoms with Gasteiger partial charge in [-0.1, -0.05) is 12.1 Å². The zero-order chi connectivity index (χ0) is 19.9. The number of benzene rings is 1. The summed E-state index contributed by atoms with van der Waals surface area (Å²) in [6.07, 6.45) is 7.02. The molecule has 0 aliphatic heterocycles. The number of hydrogen-bond acceptors (Lipinski definition) is 3. The monoisotopic (exact) mass is 383 g/mol. The van der Waals surface area contributed by atoms with Crippen molar-refractivity contribution in [3.05, 3.63) is 29.8 Å². The van der Waals surface area contributed by atoms with Crippen LogP contribution in [0.2, 0.25) is 0 Å². The first kappa shape index (κ1) is 19.3. The van der Waals surface area contributed by atoms with Crippen LogP contribution in [-0.2, 0) is 16.1 Å². The molecule has 1 atom stereocenters. The molecule has 28 heavy (non-hydrogen) atoms. The molecule has 4 saturated carbocycles. The Labute approximate surface area is 168 Å². The van der Waals surface area contributed by atoms with Crippen LogP contribution in [0.5, 0.6) is 0 Å². The topological polar surface area (TPSA) is 61.4 Å². The number of hydrogen-bond donors (Lipinski definition) is 2. The van der Waals surface area contributed by atoms with Crippen molar-refractivity contribution in [2.24, 2.45) is 23.2 Å². The lowest BCUT2D eigenvalue weighted by molar-refractivity contribution is -0.148. The van der Waals surface area contributed by atoms with Gasteiger partial charge in [0.15, 0.2) is 0 Å². The van der Waals surface area contributed by atoms with Crippen molar-refractivity contribution >= 4 is 17.5 Å². The molecular formula is C23H33N3O2. The molecular weight excluding hydrogens is 350 g/mol. The van der Waals surface area contributed by atoms with E-state index < -0.39 is 6.04 Å². The number of carbonyl (C=O) groups excluding carboxylic acids is 2. The Morgan fingerprint density at radius 1 is 1.04 bits per heavy atom. The van der Waals surface area contributed by atoms with E-state index in [0.717, 1.165) is 48.3 Å². The van der Waals surface area contributed by atoms with Gasteiger partial charge in [-0.2, -0.15) is 0 Å². The number of anilines is 1. The normalized spacial score (nSPS) is 31.3. The van der Waals surface area contributed by atoms with Gasteiger partial charge >= 0.3 is 0 Å². The minimum atomic E-state index is -0.499. The highest BCUT2D eigenvalue weighted by atomic mass is 16.2. The number of nitrogens with zero attached hydrogens (tertiary/aromatic N) is 1. The molecule has 4 aliphatic carbocycles. The second kappa shape index (κ2) is 7.41. The maximum atomic E-state index is 13.1. The van der Waals surface area contributed by atoms with E-state index >= 15 is 0 Å². The molecule has 4 bridgehead atoms. The smallest absolute Gasteiger partial charge is 0.242 e. The minimum absolute atomic E-state index is 0.115. The van der Waals surface area contributed by atoms with Crippen LogP contribution in [0.15, 0.2) is 24.3 Å². The summed E-state index contributed by atoms with van der Waals surface area (Å²) in [6, 6.07) is 7.63. The lowest BCUT2D eigenvalue weighted by Crippen LogP contribution is -2.56. The third-order valence-corrected chi connectivity index (χ3v) is 7.18. The molecule has 5 rings (SSSR count). The van der Waals surface area contributed by atoms with E-state index in [4.69, 9.17) is 0 Å². The lowest BCUT2D eigenvalue weighted by atomic mass is 9.49. The molecule has 4 fully saturated rings. The van der Waals surface area contributed by atoms with Gasteiger partial charge in [0.2, 0.25) is 11.8 Å². The van der Waals surface area contributed by atoms with Crippen molar-refractivity contribution in [1.29, 1.82) is 0 Å². The van der Waals surface area contributed by atoms with Gasteiger partial charge in [0, 0.05) is 31.7 Å². The van der Waals surface area contributed by atoms with Crippen molar-refractivity contribution < 1.29 is 9.59 Å². The second-order valence-electron chi connectivity index (χ2n) is 9.67. The second-order valence-corrected chi connectivity index (χ2v) is 9.67. The van der Waals surface area contributed by atoms with Crippen molar-refractivity contribution in [2.45, 2.75) is 58.0 Å². The average Bonchev–Trinajstić information content (AvgIpc) is 2.65. The van der Waals surface area contributed by atoms with Crippen LogP contribution in [0.25, 0.3) is 0 Å². The van der Waals surface area contributed by atoms with Crippen LogP contribution in [0.3, 0.4) is 0 Å². The van der Waals surface area contributed by atoms with Gasteiger partial charge in [-0.05, 0) is 80.9 Å². The van der Waals surface area contributed by atoms with Gasteiger partial charge in [-0.25, -0.2) is 0 Å². The fraction of sp³-hybridized carbons (Fsp3) is 0.652. The standard InChI is InChI=1S/C23H33N3O2/c1-15(21(27)24-14-16-4-6-20(7-5-16)26(2)3)25-22(28)23-11-17-8-18(12-23)10-19(9-17)13-23/h4-7,15,17-19H,8-14H2,1-3H3,(H,24,27)(H,25,28)/t15-,17?,18?,19?,23?/m0/s1. The third-order valence-electron chi connectivity index (χ3n) is 7.18. The summed E-state index contributed by atoms with van der Waals surface area (Å²) in [7, 11) is 4.01. The summed E-state index contributed by atoms with van der Waals surface area (Å²) in [5.41, 5.74) is 1.98. The van der Waals surface area contributed by atoms with Crippen LogP contribution < -0.4 is 15.5 Å². The zero-order valence-electron chi connectivity index (χ0n) is 17.3. The van der Waals surface area contributed by atoms with Gasteiger partial charge in [0.25, 0.3) is 0 Å². The first-order chi connectivity index (χ1) is 13.3. The van der Waals surface area contributed by atoms with E-state index in [-0.39, 0.29) is 17.2 Å². The summed E-state index contributed by atoms with van der Waals surface area (Å²) < 4.78 is 0. The summed E-state index contributed by atoms with van der Waals surface area (Å²) in [5, 5.41) is 6.00. The van der Waals surface area contributed by atoms with Crippen LogP contribution in [-0.4, -0.2) is 32.0 Å². The zero-order valence-corrected chi connectivity index (χ0v) is 17.3. The Morgan fingerprint density at radius 2 is 1.57 bits per heavy atom. The predicted octanol–water partition coefficient (Wildman–Crippen LogP) is 3.09. The first-order valence-electron chi connectivity index (χ1n) is 10.7. The Kier molecular flexibility index (Phi) is 5.11. The molecule has 2 N–H and O–H groups in total. The van der Waals surface area contributed by atoms with Crippen LogP contribution in [0.1, 0.15) is 51.0 Å². The van der Waals surface area contributed by atoms with E-state index in [9.17, 15) is 9.59 Å². The molecule has 1 aromatic rings. The quantitative estimate of drug-likeness (QED) is 0.794. The number of carbonyl (C=O) groups is 2. The van der Waals surface area contributed by atoms with E-state index in [2.05, 4.69) is 10.6 Å². The van der Waals surface area contributed by atoms with Gasteiger partial charge in [0.1, 0.15) is 6.04 Å². The number of rotatable bonds is 6. The third kappa shape index (κ3) is 3.76. The van der Waals surface area contributed by atoms with Crippen molar-refractivity contribution in [1.82, 2.24) is 10.6 Å². The van der Waals surface area contributed by atoms with Gasteiger partial charge in [0.05, 0.1) is 0 Å². The van der Waals surface area contributed by atoms with E-state index in [1.807, 2.05) is 43.3 Å². The molecule has 4 aliphatic rings. The molecule has 5 heteroatoms. The highest BCUT2D eigenvalue weighted by Crippen LogP contribution is 2.60. The van der Waals surface area contributed by atoms with Gasteiger partial charge in [-0.15, -0.1) is 0 Å². The molecule has 2 amide bonds. The van der Waals surface area contributed by atoms with E-state index in [1.165, 1.54) is 19.3 Å². The molecule has 0 radical (unpaired) electrons. The predicted molar refractivity (Wildman–Crippen MR) is 111 cm³/mol. The summed E-state index contributed by atoms with van der Waals surface area (Å²) in [6.45, 7) is 2.27. The summed E-state index contributed by atoms with van der Waals surface area (Å²) >= 11 is 0. The van der Waals surface area contributed by atoms with Crippen molar-refractivity contribution in [2.75, 3.05) is 19.0 Å². The molecule has 0 heterocycles. The summed E-state index contributed by atoms with van der Waals surface area (Å²) in [4.78, 5) is 27.7. The molecule has 0 spiro atoms. The molecule has 0 unspecified atom stereocenters. The van der Waals surface area contributed by atoms with Crippen LogP contribution in [0.4, 0.5) is 5.69 Å². The Balaban J connectivity index is 1.30. The molecule has 1 aromatic carbocycles. The lowest BCUT2D eigenvalue weighted by Gasteiger charge is -2.55. The molecule has 5 nitrogen and oxygen atoms in total. The van der Waals surface area contributed by atoms with Crippen molar-refractivity contribution in [3.63, 3.8) is 0 Å². The molecule has 152 valence electrons. The minimum Gasteiger partial charge on any atom is -0.378 e. The number of nitrogens with one attached hydrogen (secondary N) is 2. The Hall–Kier alpha value is -2.04. The SMILES string of the molecule is C[C@H](NC(=O)C12CC3CC(CC(C3)C1)C2)C(=O)NCc1ccc(N(C)C)cc1. The molecule has 0 aromatic heterocycles. The maximum absolute atomic E-state index is 13.1. The maximum Gasteiger partial charge on any atom is 0.242 e. The van der Waals surface area contributed by atoms with Crippen LogP contribution >= 0.6 is 0 Å². The van der Waals surface area contributed by atoms with Gasteiger partial charge < -0.3 is 15.5 Å². The van der Waals surface area contributed by atoms with Crippen molar-refractivity contribution in [3.8, 4) is 0 Å². The largest absolute Gasteiger partial charge is 0.378 e. The summed E-state index contributed by atoms with van der Waals surface area (Å²) in [5.74, 6) is 2.18. The highest BCUT2D eigenvalue weighted by molar-refractivity contribution is 5.90. The Morgan fingerprint density at radius 3 is 2.07 bits per heavy atom.